The second-order valence-corrected chi connectivity index (χ2v) is 5.98. The van der Waals surface area contributed by atoms with Gasteiger partial charge in [0.25, 0.3) is 5.91 Å². The van der Waals surface area contributed by atoms with Gasteiger partial charge in [-0.25, -0.2) is 4.98 Å². The van der Waals surface area contributed by atoms with E-state index in [-0.39, 0.29) is 11.3 Å². The number of rotatable bonds is 3. The maximum atomic E-state index is 12.5. The van der Waals surface area contributed by atoms with Gasteiger partial charge in [-0.3, -0.25) is 10.1 Å². The Morgan fingerprint density at radius 3 is 2.48 bits per heavy atom. The van der Waals surface area contributed by atoms with E-state index < -0.39 is 17.6 Å². The molecule has 1 aromatic heterocycles. The molecule has 0 fully saturated rings. The van der Waals surface area contributed by atoms with Crippen molar-refractivity contribution in [3.63, 3.8) is 0 Å². The zero-order valence-electron chi connectivity index (χ0n) is 12.5. The number of anilines is 1. The highest BCUT2D eigenvalue weighted by Crippen LogP contribution is 2.30. The van der Waals surface area contributed by atoms with Crippen LogP contribution in [0.1, 0.15) is 15.9 Å². The molecular weight excluding hydrogens is 353 g/mol. The third kappa shape index (κ3) is 3.97. The largest absolute Gasteiger partial charge is 0.508 e. The van der Waals surface area contributed by atoms with Gasteiger partial charge in [0.05, 0.1) is 11.3 Å². The van der Waals surface area contributed by atoms with E-state index in [1.54, 1.807) is 17.5 Å². The average Bonchev–Trinajstić information content (AvgIpc) is 3.03. The first-order chi connectivity index (χ1) is 11.8. The van der Waals surface area contributed by atoms with Gasteiger partial charge in [-0.1, -0.05) is 12.1 Å². The zero-order valence-corrected chi connectivity index (χ0v) is 13.4. The van der Waals surface area contributed by atoms with Gasteiger partial charge in [0, 0.05) is 16.5 Å². The summed E-state index contributed by atoms with van der Waals surface area (Å²) in [5, 5.41) is 14.0. The minimum Gasteiger partial charge on any atom is -0.508 e. The lowest BCUT2D eigenvalue weighted by molar-refractivity contribution is -0.137. The third-order valence-corrected chi connectivity index (χ3v) is 4.10. The Bertz CT molecular complexity index is 905. The second-order valence-electron chi connectivity index (χ2n) is 5.12. The van der Waals surface area contributed by atoms with Gasteiger partial charge in [-0.05, 0) is 36.4 Å². The number of phenols is 1. The molecule has 25 heavy (non-hydrogen) atoms. The number of halogens is 3. The Balaban J connectivity index is 1.73. The fourth-order valence-corrected chi connectivity index (χ4v) is 2.82. The van der Waals surface area contributed by atoms with Crippen molar-refractivity contribution in [2.24, 2.45) is 0 Å². The number of alkyl halides is 3. The molecule has 0 radical (unpaired) electrons. The van der Waals surface area contributed by atoms with Crippen LogP contribution in [0.15, 0.2) is 53.9 Å². The monoisotopic (exact) mass is 364 g/mol. The van der Waals surface area contributed by atoms with E-state index in [1.165, 1.54) is 23.5 Å². The Kier molecular flexibility index (Phi) is 4.45. The number of hydrogen-bond acceptors (Lipinski definition) is 4. The number of carbonyl (C=O) groups is 1. The molecule has 4 nitrogen and oxygen atoms in total. The Labute approximate surface area is 144 Å². The van der Waals surface area contributed by atoms with Gasteiger partial charge in [0.2, 0.25) is 0 Å². The average molecular weight is 364 g/mol. The minimum atomic E-state index is -4.44. The smallest absolute Gasteiger partial charge is 0.416 e. The van der Waals surface area contributed by atoms with Crippen molar-refractivity contribution in [2.75, 3.05) is 5.32 Å². The maximum Gasteiger partial charge on any atom is 0.416 e. The fraction of sp³-hybridized carbons (Fsp3) is 0.0588. The van der Waals surface area contributed by atoms with E-state index >= 15 is 0 Å². The van der Waals surface area contributed by atoms with Gasteiger partial charge in [0.1, 0.15) is 5.75 Å². The lowest BCUT2D eigenvalue weighted by Gasteiger charge is -2.07. The SMILES string of the molecule is O=C(Nc1nc(-c2cccc(O)c2)cs1)c1ccc(C(F)(F)F)cc1. The Hall–Kier alpha value is -2.87. The molecule has 0 aliphatic carbocycles. The molecule has 0 spiro atoms. The van der Waals surface area contributed by atoms with Gasteiger partial charge < -0.3 is 5.11 Å². The highest BCUT2D eigenvalue weighted by atomic mass is 32.1. The van der Waals surface area contributed by atoms with Crippen LogP contribution < -0.4 is 5.32 Å². The van der Waals surface area contributed by atoms with Crippen LogP contribution in [-0.4, -0.2) is 16.0 Å². The van der Waals surface area contributed by atoms with Gasteiger partial charge in [0.15, 0.2) is 5.13 Å². The number of aromatic nitrogens is 1. The van der Waals surface area contributed by atoms with Gasteiger partial charge >= 0.3 is 6.18 Å². The number of carbonyl (C=O) groups excluding carboxylic acids is 1. The summed E-state index contributed by atoms with van der Waals surface area (Å²) >= 11 is 1.18. The van der Waals surface area contributed by atoms with Crippen LogP contribution >= 0.6 is 11.3 Å². The van der Waals surface area contributed by atoms with E-state index in [0.29, 0.717) is 16.4 Å². The topological polar surface area (TPSA) is 62.2 Å². The first kappa shape index (κ1) is 17.0. The first-order valence-corrected chi connectivity index (χ1v) is 7.94. The van der Waals surface area contributed by atoms with Crippen LogP contribution in [-0.2, 0) is 6.18 Å². The van der Waals surface area contributed by atoms with E-state index in [2.05, 4.69) is 10.3 Å². The number of amides is 1. The molecular formula is C17H11F3N2O2S. The number of thiazole rings is 1. The van der Waals surface area contributed by atoms with Crippen LogP contribution in [0.25, 0.3) is 11.3 Å². The van der Waals surface area contributed by atoms with E-state index in [1.807, 2.05) is 0 Å². The van der Waals surface area contributed by atoms with Crippen LogP contribution in [0.4, 0.5) is 18.3 Å². The molecule has 0 aliphatic heterocycles. The molecule has 2 aromatic carbocycles. The summed E-state index contributed by atoms with van der Waals surface area (Å²) < 4.78 is 37.6. The van der Waals surface area contributed by atoms with Gasteiger partial charge in [-0.2, -0.15) is 13.2 Å². The lowest BCUT2D eigenvalue weighted by Crippen LogP contribution is -2.12. The number of phenolic OH excluding ortho intramolecular Hbond substituents is 1. The molecule has 0 saturated heterocycles. The number of hydrogen-bond donors (Lipinski definition) is 2. The maximum absolute atomic E-state index is 12.5. The Morgan fingerprint density at radius 1 is 1.12 bits per heavy atom. The molecule has 0 unspecified atom stereocenters. The molecule has 128 valence electrons. The first-order valence-electron chi connectivity index (χ1n) is 7.06. The van der Waals surface area contributed by atoms with Crippen molar-refractivity contribution >= 4 is 22.4 Å². The van der Waals surface area contributed by atoms with Crippen molar-refractivity contribution in [3.05, 3.63) is 65.0 Å². The summed E-state index contributed by atoms with van der Waals surface area (Å²) in [7, 11) is 0. The molecule has 0 bridgehead atoms. The summed E-state index contributed by atoms with van der Waals surface area (Å²) in [4.78, 5) is 16.3. The molecule has 0 aliphatic rings. The predicted octanol–water partition coefficient (Wildman–Crippen LogP) is 4.79. The summed E-state index contributed by atoms with van der Waals surface area (Å²) in [6, 6.07) is 10.4. The van der Waals surface area contributed by atoms with E-state index in [4.69, 9.17) is 0 Å². The molecule has 1 amide bonds. The highest BCUT2D eigenvalue weighted by molar-refractivity contribution is 7.14. The molecule has 8 heteroatoms. The Morgan fingerprint density at radius 2 is 1.84 bits per heavy atom. The van der Waals surface area contributed by atoms with Crippen molar-refractivity contribution < 1.29 is 23.1 Å². The predicted molar refractivity (Wildman–Crippen MR) is 88.6 cm³/mol. The number of nitrogens with zero attached hydrogens (tertiary/aromatic N) is 1. The summed E-state index contributed by atoms with van der Waals surface area (Å²) in [5.74, 6) is -0.452. The standard InChI is InChI=1S/C17H11F3N2O2S/c18-17(19,20)12-6-4-10(5-7-12)15(24)22-16-21-14(9-25-16)11-2-1-3-13(23)8-11/h1-9,23H,(H,21,22,24). The van der Waals surface area contributed by atoms with Gasteiger partial charge in [-0.15, -0.1) is 11.3 Å². The normalized spacial score (nSPS) is 11.3. The lowest BCUT2D eigenvalue weighted by atomic mass is 10.1. The summed E-state index contributed by atoms with van der Waals surface area (Å²) in [6.45, 7) is 0. The molecule has 0 saturated carbocycles. The number of aromatic hydroxyl groups is 1. The molecule has 3 rings (SSSR count). The van der Waals surface area contributed by atoms with Crippen molar-refractivity contribution in [3.8, 4) is 17.0 Å². The molecule has 1 heterocycles. The van der Waals surface area contributed by atoms with E-state index in [0.717, 1.165) is 24.3 Å². The summed E-state index contributed by atoms with van der Waals surface area (Å²) in [6.07, 6.45) is -4.44. The van der Waals surface area contributed by atoms with Crippen LogP contribution in [0.2, 0.25) is 0 Å². The van der Waals surface area contributed by atoms with Crippen LogP contribution in [0, 0.1) is 0 Å². The minimum absolute atomic E-state index is 0.0980. The molecule has 3 aromatic rings. The quantitative estimate of drug-likeness (QED) is 0.703. The molecule has 2 N–H and O–H groups in total. The zero-order chi connectivity index (χ0) is 18.0. The van der Waals surface area contributed by atoms with E-state index in [9.17, 15) is 23.1 Å². The third-order valence-electron chi connectivity index (χ3n) is 3.34. The number of benzene rings is 2. The van der Waals surface area contributed by atoms with Crippen molar-refractivity contribution in [1.29, 1.82) is 0 Å². The van der Waals surface area contributed by atoms with Crippen molar-refractivity contribution in [2.45, 2.75) is 6.18 Å². The highest BCUT2D eigenvalue weighted by Gasteiger charge is 2.30. The molecule has 0 atom stereocenters. The van der Waals surface area contributed by atoms with Crippen LogP contribution in [0.3, 0.4) is 0 Å². The second kappa shape index (κ2) is 6.56. The summed E-state index contributed by atoms with van der Waals surface area (Å²) in [5.41, 5.74) is 0.543. The number of nitrogens with one attached hydrogen (secondary N) is 1. The fourth-order valence-electron chi connectivity index (χ4n) is 2.11. The van der Waals surface area contributed by atoms with Crippen LogP contribution in [0.5, 0.6) is 5.75 Å². The van der Waals surface area contributed by atoms with Crippen molar-refractivity contribution in [1.82, 2.24) is 4.98 Å².